The van der Waals surface area contributed by atoms with E-state index in [0.29, 0.717) is 0 Å². The molecule has 0 fully saturated rings. The van der Waals surface area contributed by atoms with Crippen LogP contribution in [0.25, 0.3) is 11.1 Å². The molecule has 0 bridgehead atoms. The zero-order chi connectivity index (χ0) is 43.4. The zero-order valence-corrected chi connectivity index (χ0v) is 38.9. The van der Waals surface area contributed by atoms with E-state index in [0.717, 1.165) is 6.42 Å². The van der Waals surface area contributed by atoms with Crippen LogP contribution in [0.15, 0.2) is 176 Å². The maximum Gasteiger partial charge on any atom is 0.252 e. The summed E-state index contributed by atoms with van der Waals surface area (Å²) in [5.74, 6) is 0. The summed E-state index contributed by atoms with van der Waals surface area (Å²) in [6.45, 7) is 18.5. The molecule has 8 aromatic rings. The van der Waals surface area contributed by atoms with E-state index in [-0.39, 0.29) is 17.5 Å². The molecule has 3 heterocycles. The number of nitrogens with zero attached hydrogens (tertiary/aromatic N) is 2. The van der Waals surface area contributed by atoms with Gasteiger partial charge in [0.25, 0.3) is 6.71 Å². The van der Waals surface area contributed by atoms with Gasteiger partial charge in [-0.25, -0.2) is 0 Å². The second-order valence-corrected chi connectivity index (χ2v) is 24.3. The lowest BCUT2D eigenvalue weighted by atomic mass is 9.33. The molecule has 11 rings (SSSR count). The number of hydrogen-bond donors (Lipinski definition) is 0. The van der Waals surface area contributed by atoms with Crippen molar-refractivity contribution in [3.8, 4) is 11.1 Å². The number of benzene rings is 8. The van der Waals surface area contributed by atoms with Crippen LogP contribution in [0.2, 0.25) is 0 Å². The first-order valence-corrected chi connectivity index (χ1v) is 24.8. The van der Waals surface area contributed by atoms with Crippen LogP contribution in [0, 0.1) is 19.3 Å². The van der Waals surface area contributed by atoms with Crippen molar-refractivity contribution in [2.24, 2.45) is 5.41 Å². The van der Waals surface area contributed by atoms with Gasteiger partial charge >= 0.3 is 0 Å². The molecule has 0 radical (unpaired) electrons. The minimum atomic E-state index is -2.79. The van der Waals surface area contributed by atoms with Gasteiger partial charge in [0.05, 0.1) is 0 Å². The fourth-order valence-electron chi connectivity index (χ4n) is 11.3. The Bertz CT molecular complexity index is 3050. The molecular formula is C59H55BN2Si. The van der Waals surface area contributed by atoms with E-state index in [1.54, 1.807) is 0 Å². The largest absolute Gasteiger partial charge is 0.311 e. The molecule has 8 aromatic carbocycles. The fourth-order valence-corrected chi connectivity index (χ4v) is 16.5. The third-order valence-electron chi connectivity index (χ3n) is 13.9. The topological polar surface area (TPSA) is 6.48 Å². The fraction of sp³-hybridized carbons (Fsp3) is 0.186. The molecule has 0 saturated heterocycles. The van der Waals surface area contributed by atoms with Crippen molar-refractivity contribution < 1.29 is 0 Å². The first-order valence-electron chi connectivity index (χ1n) is 22.8. The summed E-state index contributed by atoms with van der Waals surface area (Å²) in [6.07, 6.45) is 1.00. The normalized spacial score (nSPS) is 14.4. The van der Waals surface area contributed by atoms with Crippen LogP contribution in [0.5, 0.6) is 0 Å². The number of para-hydroxylation sites is 1. The molecule has 2 nitrogen and oxygen atoms in total. The second-order valence-electron chi connectivity index (χ2n) is 20.5. The molecule has 0 aromatic heterocycles. The third-order valence-corrected chi connectivity index (χ3v) is 18.8. The monoisotopic (exact) mass is 830 g/mol. The van der Waals surface area contributed by atoms with Crippen LogP contribution in [0.1, 0.15) is 63.8 Å². The minimum Gasteiger partial charge on any atom is -0.311 e. The van der Waals surface area contributed by atoms with Crippen molar-refractivity contribution in [2.75, 3.05) is 9.80 Å². The molecular weight excluding hydrogens is 776 g/mol. The summed E-state index contributed by atoms with van der Waals surface area (Å²) < 4.78 is 0. The maximum absolute atomic E-state index is 2.79. The highest BCUT2D eigenvalue weighted by molar-refractivity contribution is 7.22. The molecule has 3 aliphatic rings. The van der Waals surface area contributed by atoms with Crippen LogP contribution in [0.4, 0.5) is 34.1 Å². The van der Waals surface area contributed by atoms with Gasteiger partial charge in [0.2, 0.25) is 0 Å². The average molecular weight is 831 g/mol. The smallest absolute Gasteiger partial charge is 0.252 e. The van der Waals surface area contributed by atoms with Crippen molar-refractivity contribution in [3.05, 3.63) is 198 Å². The van der Waals surface area contributed by atoms with E-state index >= 15 is 0 Å². The Morgan fingerprint density at radius 1 is 0.476 bits per heavy atom. The van der Waals surface area contributed by atoms with Gasteiger partial charge in [-0.2, -0.15) is 0 Å². The molecule has 0 amide bonds. The Labute approximate surface area is 376 Å². The SMILES string of the molecule is Cc1cc2c3c(c1)N(c1ccccc1C)c1cc4c(cc1B3c1cc(CC(C)(C)C)ccc1N2c1ccc(C(C)(C)C)cc1)[Si](c1ccccc1)(c1ccccc1)c1ccccc1-4. The van der Waals surface area contributed by atoms with Gasteiger partial charge in [0.1, 0.15) is 0 Å². The predicted octanol–water partition coefficient (Wildman–Crippen LogP) is 10.6. The molecule has 308 valence electrons. The first-order chi connectivity index (χ1) is 30.3. The van der Waals surface area contributed by atoms with E-state index in [9.17, 15) is 0 Å². The van der Waals surface area contributed by atoms with Gasteiger partial charge in [-0.1, -0.05) is 175 Å². The Morgan fingerprint density at radius 2 is 1.08 bits per heavy atom. The second kappa shape index (κ2) is 14.3. The van der Waals surface area contributed by atoms with Gasteiger partial charge in [0, 0.05) is 34.1 Å². The summed E-state index contributed by atoms with van der Waals surface area (Å²) in [4.78, 5) is 5.19. The van der Waals surface area contributed by atoms with Crippen LogP contribution in [0.3, 0.4) is 0 Å². The maximum atomic E-state index is 2.70. The summed E-state index contributed by atoms with van der Waals surface area (Å²) in [5.41, 5.74) is 19.7. The molecule has 3 aliphatic heterocycles. The lowest BCUT2D eigenvalue weighted by Crippen LogP contribution is -2.73. The van der Waals surface area contributed by atoms with Gasteiger partial charge in [-0.05, 0) is 144 Å². The van der Waals surface area contributed by atoms with Gasteiger partial charge < -0.3 is 9.80 Å². The Hall–Kier alpha value is -6.36. The van der Waals surface area contributed by atoms with E-state index in [2.05, 4.69) is 241 Å². The van der Waals surface area contributed by atoms with Crippen LogP contribution >= 0.6 is 0 Å². The average Bonchev–Trinajstić information content (AvgIpc) is 3.56. The highest BCUT2D eigenvalue weighted by Gasteiger charge is 2.51. The summed E-state index contributed by atoms with van der Waals surface area (Å²) in [5, 5.41) is 5.80. The molecule has 0 saturated carbocycles. The molecule has 0 N–H and O–H groups in total. The van der Waals surface area contributed by atoms with Gasteiger partial charge in [-0.15, -0.1) is 0 Å². The Balaban J connectivity index is 1.27. The van der Waals surface area contributed by atoms with Crippen LogP contribution in [-0.4, -0.2) is 14.8 Å². The van der Waals surface area contributed by atoms with Crippen molar-refractivity contribution in [1.82, 2.24) is 0 Å². The summed E-state index contributed by atoms with van der Waals surface area (Å²) >= 11 is 0. The summed E-state index contributed by atoms with van der Waals surface area (Å²) in [7, 11) is -2.79. The molecule has 0 spiro atoms. The summed E-state index contributed by atoms with van der Waals surface area (Å²) in [6, 6.07) is 68.2. The third kappa shape index (κ3) is 6.13. The van der Waals surface area contributed by atoms with E-state index in [1.807, 2.05) is 0 Å². The van der Waals surface area contributed by atoms with Gasteiger partial charge in [-0.3, -0.25) is 0 Å². The van der Waals surface area contributed by atoms with Crippen molar-refractivity contribution in [3.63, 3.8) is 0 Å². The standard InChI is InChI=1S/C59H55BN2Si/c1-39-33-53-57-54(34-39)62(50-25-17-15-19-40(50)2)52-36-47-46-24-16-18-26-55(46)63(44-20-11-9-12-21-44,45-22-13-10-14-23-45)56(47)37-49(52)60(57)48-35-41(38-58(3,4)5)27-32-51(48)61(53)43-30-28-42(29-31-43)59(6,7)8/h9-37H,38H2,1-8H3. The molecule has 0 aliphatic carbocycles. The number of aryl methyl sites for hydroxylation is 2. The number of hydrogen-bond acceptors (Lipinski definition) is 2. The highest BCUT2D eigenvalue weighted by atomic mass is 28.3. The first kappa shape index (κ1) is 39.5. The molecule has 0 unspecified atom stereocenters. The van der Waals surface area contributed by atoms with Crippen LogP contribution < -0.4 is 46.9 Å². The Kier molecular flexibility index (Phi) is 8.99. The highest BCUT2D eigenvalue weighted by Crippen LogP contribution is 2.47. The number of rotatable bonds is 5. The Morgan fingerprint density at radius 3 is 1.73 bits per heavy atom. The molecule has 0 atom stereocenters. The lowest BCUT2D eigenvalue weighted by molar-refractivity contribution is 0.411. The van der Waals surface area contributed by atoms with E-state index in [1.165, 1.54) is 105 Å². The quantitative estimate of drug-likeness (QED) is 0.160. The van der Waals surface area contributed by atoms with Gasteiger partial charge in [0.15, 0.2) is 8.07 Å². The predicted molar refractivity (Wildman–Crippen MR) is 274 cm³/mol. The van der Waals surface area contributed by atoms with E-state index in [4.69, 9.17) is 0 Å². The lowest BCUT2D eigenvalue weighted by Gasteiger charge is -2.45. The molecule has 63 heavy (non-hydrogen) atoms. The van der Waals surface area contributed by atoms with Crippen LogP contribution in [-0.2, 0) is 11.8 Å². The molecule has 4 heteroatoms. The minimum absolute atomic E-state index is 0.0122. The zero-order valence-electron chi connectivity index (χ0n) is 37.9. The van der Waals surface area contributed by atoms with E-state index < -0.39 is 8.07 Å². The van der Waals surface area contributed by atoms with Crippen molar-refractivity contribution in [1.29, 1.82) is 0 Å². The van der Waals surface area contributed by atoms with Crippen molar-refractivity contribution >= 4 is 86.0 Å². The number of fused-ring (bicyclic) bond motifs is 7. The number of anilines is 6. The van der Waals surface area contributed by atoms with Crippen molar-refractivity contribution in [2.45, 2.75) is 67.2 Å².